The lowest BCUT2D eigenvalue weighted by atomic mass is 9.84. The van der Waals surface area contributed by atoms with Crippen LogP contribution >= 0.6 is 11.6 Å². The van der Waals surface area contributed by atoms with E-state index in [-0.39, 0.29) is 5.15 Å². The minimum absolute atomic E-state index is 0.207. The fourth-order valence-corrected chi connectivity index (χ4v) is 2.74. The average Bonchev–Trinajstić information content (AvgIpc) is 2.40. The van der Waals surface area contributed by atoms with Crippen LogP contribution in [0.2, 0.25) is 5.15 Å². The van der Waals surface area contributed by atoms with Crippen LogP contribution in [0.1, 0.15) is 49.4 Å². The van der Waals surface area contributed by atoms with Crippen LogP contribution < -0.4 is 5.32 Å². The molecule has 0 saturated heterocycles. The molecule has 1 fully saturated rings. The number of hydrogen-bond acceptors (Lipinski definition) is 4. The summed E-state index contributed by atoms with van der Waals surface area (Å²) in [6.45, 7) is 2.14. The molecule has 1 aromatic heterocycles. The summed E-state index contributed by atoms with van der Waals surface area (Å²) in [5.74, 6) is 1.19. The van der Waals surface area contributed by atoms with E-state index in [1.807, 2.05) is 0 Å². The van der Waals surface area contributed by atoms with Crippen molar-refractivity contribution in [1.29, 1.82) is 0 Å². The van der Waals surface area contributed by atoms with Crippen molar-refractivity contribution in [3.63, 3.8) is 0 Å². The van der Waals surface area contributed by atoms with E-state index >= 15 is 0 Å². The third-order valence-electron chi connectivity index (χ3n) is 3.67. The highest BCUT2D eigenvalue weighted by Gasteiger charge is 2.21. The number of rotatable bonds is 4. The molecule has 1 heterocycles. The molecule has 0 aliphatic heterocycles. The zero-order valence-corrected chi connectivity index (χ0v) is 11.3. The zero-order chi connectivity index (χ0) is 13.0. The molecule has 1 aliphatic rings. The van der Waals surface area contributed by atoms with Crippen molar-refractivity contribution in [1.82, 2.24) is 9.97 Å². The second-order valence-corrected chi connectivity index (χ2v) is 5.23. The van der Waals surface area contributed by atoms with Gasteiger partial charge in [-0.25, -0.2) is 9.97 Å². The SMILES string of the molecule is CC(Nc1ncnc(Cl)c1C=O)C1CCCCC1. The van der Waals surface area contributed by atoms with Gasteiger partial charge in [-0.05, 0) is 25.7 Å². The van der Waals surface area contributed by atoms with E-state index in [1.54, 1.807) is 0 Å². The van der Waals surface area contributed by atoms with Crippen LogP contribution in [0.25, 0.3) is 0 Å². The summed E-state index contributed by atoms with van der Waals surface area (Å²) in [4.78, 5) is 18.9. The fourth-order valence-electron chi connectivity index (χ4n) is 2.56. The van der Waals surface area contributed by atoms with Crippen LogP contribution in [-0.4, -0.2) is 22.3 Å². The molecule has 4 nitrogen and oxygen atoms in total. The molecule has 1 unspecified atom stereocenters. The highest BCUT2D eigenvalue weighted by atomic mass is 35.5. The maximum absolute atomic E-state index is 11.0. The Balaban J connectivity index is 2.08. The molecule has 5 heteroatoms. The standard InChI is InChI=1S/C13H18ClN3O/c1-9(10-5-3-2-4-6-10)17-13-11(7-18)12(14)15-8-16-13/h7-10H,2-6H2,1H3,(H,15,16,17). The first-order chi connectivity index (χ1) is 8.72. The van der Waals surface area contributed by atoms with Crippen molar-refractivity contribution >= 4 is 23.7 Å². The Bertz CT molecular complexity index is 419. The van der Waals surface area contributed by atoms with Crippen molar-refractivity contribution in [3.05, 3.63) is 17.0 Å². The predicted octanol–water partition coefficient (Wildman–Crippen LogP) is 3.32. The van der Waals surface area contributed by atoms with Gasteiger partial charge in [0.1, 0.15) is 17.3 Å². The third kappa shape index (κ3) is 2.99. The Morgan fingerprint density at radius 1 is 1.39 bits per heavy atom. The lowest BCUT2D eigenvalue weighted by Gasteiger charge is -2.28. The number of carbonyl (C=O) groups is 1. The van der Waals surface area contributed by atoms with Gasteiger partial charge < -0.3 is 5.32 Å². The van der Waals surface area contributed by atoms with Gasteiger partial charge in [0, 0.05) is 6.04 Å². The first-order valence-corrected chi connectivity index (χ1v) is 6.82. The van der Waals surface area contributed by atoms with Gasteiger partial charge in [-0.3, -0.25) is 4.79 Å². The fraction of sp³-hybridized carbons (Fsp3) is 0.615. The first-order valence-electron chi connectivity index (χ1n) is 6.44. The molecule has 0 amide bonds. The quantitative estimate of drug-likeness (QED) is 0.672. The number of aromatic nitrogens is 2. The highest BCUT2D eigenvalue weighted by Crippen LogP contribution is 2.28. The van der Waals surface area contributed by atoms with Gasteiger partial charge >= 0.3 is 0 Å². The van der Waals surface area contributed by atoms with E-state index in [9.17, 15) is 4.79 Å². The summed E-state index contributed by atoms with van der Waals surface area (Å²) in [7, 11) is 0. The highest BCUT2D eigenvalue weighted by molar-refractivity contribution is 6.32. The van der Waals surface area contributed by atoms with E-state index in [4.69, 9.17) is 11.6 Å². The number of hydrogen-bond donors (Lipinski definition) is 1. The van der Waals surface area contributed by atoms with Crippen molar-refractivity contribution in [2.75, 3.05) is 5.32 Å². The lowest BCUT2D eigenvalue weighted by molar-refractivity contribution is 0.112. The Kier molecular flexibility index (Phi) is 4.53. The second-order valence-electron chi connectivity index (χ2n) is 4.88. The molecule has 0 spiro atoms. The zero-order valence-electron chi connectivity index (χ0n) is 10.5. The smallest absolute Gasteiger partial charge is 0.156 e. The molecule has 1 aromatic rings. The number of anilines is 1. The largest absolute Gasteiger partial charge is 0.367 e. The summed E-state index contributed by atoms with van der Waals surface area (Å²) >= 11 is 5.88. The van der Waals surface area contributed by atoms with Gasteiger partial charge in [0.25, 0.3) is 0 Å². The van der Waals surface area contributed by atoms with E-state index in [0.717, 1.165) is 0 Å². The van der Waals surface area contributed by atoms with Gasteiger partial charge in [-0.1, -0.05) is 30.9 Å². The maximum atomic E-state index is 11.0. The maximum Gasteiger partial charge on any atom is 0.156 e. The topological polar surface area (TPSA) is 54.9 Å². The normalized spacial score (nSPS) is 18.3. The van der Waals surface area contributed by atoms with Crippen molar-refractivity contribution in [2.45, 2.75) is 45.1 Å². The summed E-state index contributed by atoms with van der Waals surface area (Å²) in [5.41, 5.74) is 0.349. The van der Waals surface area contributed by atoms with Crippen LogP contribution in [-0.2, 0) is 0 Å². The molecule has 1 N–H and O–H groups in total. The van der Waals surface area contributed by atoms with Crippen LogP contribution in [0.15, 0.2) is 6.33 Å². The molecular formula is C13H18ClN3O. The lowest BCUT2D eigenvalue weighted by Crippen LogP contribution is -2.28. The van der Waals surface area contributed by atoms with Crippen LogP contribution in [0.4, 0.5) is 5.82 Å². The van der Waals surface area contributed by atoms with Crippen LogP contribution in [0, 0.1) is 5.92 Å². The Morgan fingerprint density at radius 2 is 2.11 bits per heavy atom. The van der Waals surface area contributed by atoms with Crippen LogP contribution in [0.5, 0.6) is 0 Å². The first kappa shape index (κ1) is 13.3. The molecule has 0 radical (unpaired) electrons. The van der Waals surface area contributed by atoms with Gasteiger partial charge in [0.15, 0.2) is 6.29 Å². The molecular weight excluding hydrogens is 250 g/mol. The average molecular weight is 268 g/mol. The Morgan fingerprint density at radius 3 is 2.78 bits per heavy atom. The summed E-state index contributed by atoms with van der Waals surface area (Å²) in [5, 5.41) is 3.51. The Hall–Kier alpha value is -1.16. The number of nitrogens with one attached hydrogen (secondary N) is 1. The molecule has 0 aromatic carbocycles. The number of aldehydes is 1. The van der Waals surface area contributed by atoms with Gasteiger partial charge in [0.2, 0.25) is 0 Å². The molecule has 98 valence electrons. The number of carbonyl (C=O) groups excluding carboxylic acids is 1. The summed E-state index contributed by atoms with van der Waals surface area (Å²) < 4.78 is 0. The van der Waals surface area contributed by atoms with Crippen molar-refractivity contribution in [2.24, 2.45) is 5.92 Å². The van der Waals surface area contributed by atoms with E-state index in [2.05, 4.69) is 22.2 Å². The second kappa shape index (κ2) is 6.14. The molecule has 1 atom stereocenters. The van der Waals surface area contributed by atoms with Gasteiger partial charge in [0.05, 0.1) is 5.56 Å². The molecule has 2 rings (SSSR count). The van der Waals surface area contributed by atoms with E-state index < -0.39 is 0 Å². The van der Waals surface area contributed by atoms with E-state index in [1.165, 1.54) is 38.4 Å². The van der Waals surface area contributed by atoms with Crippen molar-refractivity contribution in [3.8, 4) is 0 Å². The monoisotopic (exact) mass is 267 g/mol. The van der Waals surface area contributed by atoms with Gasteiger partial charge in [-0.2, -0.15) is 0 Å². The minimum Gasteiger partial charge on any atom is -0.367 e. The van der Waals surface area contributed by atoms with Gasteiger partial charge in [-0.15, -0.1) is 0 Å². The molecule has 1 aliphatic carbocycles. The predicted molar refractivity (Wildman–Crippen MR) is 72.1 cm³/mol. The molecule has 18 heavy (non-hydrogen) atoms. The summed E-state index contributed by atoms with van der Waals surface area (Å²) in [6.07, 6.45) is 8.49. The minimum atomic E-state index is 0.207. The van der Waals surface area contributed by atoms with E-state index in [0.29, 0.717) is 29.6 Å². The van der Waals surface area contributed by atoms with Crippen molar-refractivity contribution < 1.29 is 4.79 Å². The molecule has 1 saturated carbocycles. The number of halogens is 1. The van der Waals surface area contributed by atoms with Crippen LogP contribution in [0.3, 0.4) is 0 Å². The Labute approximate surface area is 112 Å². The molecule has 0 bridgehead atoms. The number of nitrogens with zero attached hydrogens (tertiary/aromatic N) is 2. The third-order valence-corrected chi connectivity index (χ3v) is 3.98. The summed E-state index contributed by atoms with van der Waals surface area (Å²) in [6, 6.07) is 0.301.